The number of carbonyl (C=O) groups is 2. The van der Waals surface area contributed by atoms with Crippen molar-refractivity contribution in [2.75, 3.05) is 6.61 Å². The van der Waals surface area contributed by atoms with Crippen molar-refractivity contribution in [3.05, 3.63) is 33.7 Å². The van der Waals surface area contributed by atoms with Crippen molar-refractivity contribution in [3.63, 3.8) is 0 Å². The Labute approximate surface area is 113 Å². The molecule has 94 valence electrons. The van der Waals surface area contributed by atoms with Crippen molar-refractivity contribution in [1.29, 1.82) is 0 Å². The zero-order valence-corrected chi connectivity index (χ0v) is 11.1. The van der Waals surface area contributed by atoms with Crippen molar-refractivity contribution in [1.82, 2.24) is 5.32 Å². The van der Waals surface area contributed by atoms with Crippen LogP contribution in [0.15, 0.2) is 23.1 Å². The largest absolute Gasteiger partial charge is 0.492 e. The lowest BCUT2D eigenvalue weighted by atomic mass is 10.2. The van der Waals surface area contributed by atoms with E-state index >= 15 is 0 Å². The van der Waals surface area contributed by atoms with Crippen LogP contribution in [-0.2, 0) is 4.79 Å². The molecule has 2 rings (SSSR count). The van der Waals surface area contributed by atoms with Crippen molar-refractivity contribution >= 4 is 40.6 Å². The number of hydrogen-bond acceptors (Lipinski definition) is 4. The van der Waals surface area contributed by atoms with E-state index in [0.717, 1.165) is 17.3 Å². The normalized spacial score (nSPS) is 17.1. The highest BCUT2D eigenvalue weighted by molar-refractivity contribution is 8.18. The third kappa shape index (κ3) is 2.86. The molecule has 0 saturated carbocycles. The minimum absolute atomic E-state index is 0.358. The van der Waals surface area contributed by atoms with Crippen LogP contribution < -0.4 is 10.1 Å². The standard InChI is InChI=1S/C12H10ClNO3S/c1-2-17-9-4-3-7(5-8(9)13)6-10-11(15)14-12(16)18-10/h3-6H,2H2,1H3,(H,14,15,16). The Hall–Kier alpha value is -1.46. The molecule has 1 saturated heterocycles. The van der Waals surface area contributed by atoms with E-state index in [2.05, 4.69) is 5.32 Å². The SMILES string of the molecule is CCOc1ccc(C=C2SC(=O)NC2=O)cc1Cl. The van der Waals surface area contributed by atoms with Crippen LogP contribution >= 0.6 is 23.4 Å². The van der Waals surface area contributed by atoms with Crippen LogP contribution in [0.2, 0.25) is 5.02 Å². The predicted molar refractivity (Wildman–Crippen MR) is 71.7 cm³/mol. The van der Waals surface area contributed by atoms with Gasteiger partial charge in [-0.25, -0.2) is 0 Å². The number of ether oxygens (including phenoxy) is 1. The monoisotopic (exact) mass is 283 g/mol. The quantitative estimate of drug-likeness (QED) is 0.866. The molecule has 1 heterocycles. The van der Waals surface area contributed by atoms with Gasteiger partial charge in [-0.3, -0.25) is 14.9 Å². The van der Waals surface area contributed by atoms with E-state index < -0.39 is 0 Å². The second-order valence-electron chi connectivity index (χ2n) is 3.48. The molecule has 0 atom stereocenters. The van der Waals surface area contributed by atoms with Gasteiger partial charge < -0.3 is 4.74 Å². The topological polar surface area (TPSA) is 55.4 Å². The van der Waals surface area contributed by atoms with Crippen molar-refractivity contribution in [3.8, 4) is 5.75 Å². The summed E-state index contributed by atoms with van der Waals surface area (Å²) in [6.07, 6.45) is 1.62. The third-order valence-electron chi connectivity index (χ3n) is 2.20. The van der Waals surface area contributed by atoms with Gasteiger partial charge in [0.05, 0.1) is 16.5 Å². The van der Waals surface area contributed by atoms with Crippen molar-refractivity contribution in [2.45, 2.75) is 6.92 Å². The molecule has 18 heavy (non-hydrogen) atoms. The lowest BCUT2D eigenvalue weighted by Gasteiger charge is -2.05. The molecule has 1 aliphatic rings. The van der Waals surface area contributed by atoms with Crippen LogP contribution in [0.1, 0.15) is 12.5 Å². The smallest absolute Gasteiger partial charge is 0.290 e. The maximum atomic E-state index is 11.4. The molecule has 1 aromatic rings. The van der Waals surface area contributed by atoms with E-state index in [0.29, 0.717) is 22.3 Å². The van der Waals surface area contributed by atoms with E-state index in [4.69, 9.17) is 16.3 Å². The van der Waals surface area contributed by atoms with Crippen LogP contribution in [0.25, 0.3) is 6.08 Å². The van der Waals surface area contributed by atoms with Gasteiger partial charge in [0, 0.05) is 0 Å². The molecule has 0 aliphatic carbocycles. The van der Waals surface area contributed by atoms with Crippen LogP contribution in [0.5, 0.6) is 5.75 Å². The lowest BCUT2D eigenvalue weighted by molar-refractivity contribution is -0.115. The predicted octanol–water partition coefficient (Wildman–Crippen LogP) is 3.06. The number of carbonyl (C=O) groups excluding carboxylic acids is 2. The fraction of sp³-hybridized carbons (Fsp3) is 0.167. The van der Waals surface area contributed by atoms with Crippen LogP contribution in [0, 0.1) is 0 Å². The number of halogens is 1. The highest BCUT2D eigenvalue weighted by Crippen LogP contribution is 2.29. The first-order valence-electron chi connectivity index (χ1n) is 5.27. The summed E-state index contributed by atoms with van der Waals surface area (Å²) >= 11 is 6.91. The molecule has 1 fully saturated rings. The maximum absolute atomic E-state index is 11.4. The van der Waals surface area contributed by atoms with Gasteiger partial charge in [-0.15, -0.1) is 0 Å². The van der Waals surface area contributed by atoms with Crippen LogP contribution in [-0.4, -0.2) is 17.8 Å². The highest BCUT2D eigenvalue weighted by atomic mass is 35.5. The second kappa shape index (κ2) is 5.46. The van der Waals surface area contributed by atoms with E-state index in [1.54, 1.807) is 24.3 Å². The number of imide groups is 1. The zero-order chi connectivity index (χ0) is 13.1. The summed E-state index contributed by atoms with van der Waals surface area (Å²) in [4.78, 5) is 22.7. The summed E-state index contributed by atoms with van der Waals surface area (Å²) in [5, 5.41) is 2.31. The molecule has 0 bridgehead atoms. The Kier molecular flexibility index (Phi) is 3.93. The van der Waals surface area contributed by atoms with E-state index in [9.17, 15) is 9.59 Å². The van der Waals surface area contributed by atoms with Crippen LogP contribution in [0.3, 0.4) is 0 Å². The first-order valence-corrected chi connectivity index (χ1v) is 6.47. The Morgan fingerprint density at radius 1 is 1.44 bits per heavy atom. The minimum atomic E-state index is -0.380. The van der Waals surface area contributed by atoms with Gasteiger partial charge in [-0.05, 0) is 42.5 Å². The zero-order valence-electron chi connectivity index (χ0n) is 9.53. The molecule has 2 amide bonds. The summed E-state index contributed by atoms with van der Waals surface area (Å²) < 4.78 is 5.31. The van der Waals surface area contributed by atoms with Crippen molar-refractivity contribution < 1.29 is 14.3 Å². The van der Waals surface area contributed by atoms with Gasteiger partial charge in [0.25, 0.3) is 11.1 Å². The molecular formula is C12H10ClNO3S. The summed E-state index contributed by atoms with van der Waals surface area (Å²) in [6.45, 7) is 2.41. The number of thioether (sulfide) groups is 1. The first-order chi connectivity index (χ1) is 8.60. The maximum Gasteiger partial charge on any atom is 0.290 e. The van der Waals surface area contributed by atoms with E-state index in [1.807, 2.05) is 6.92 Å². The fourth-order valence-corrected chi connectivity index (χ4v) is 2.38. The molecule has 0 radical (unpaired) electrons. The average molecular weight is 284 g/mol. The number of hydrogen-bond donors (Lipinski definition) is 1. The highest BCUT2D eigenvalue weighted by Gasteiger charge is 2.24. The Morgan fingerprint density at radius 2 is 2.22 bits per heavy atom. The van der Waals surface area contributed by atoms with Crippen molar-refractivity contribution in [2.24, 2.45) is 0 Å². The van der Waals surface area contributed by atoms with Gasteiger partial charge in [0.15, 0.2) is 0 Å². The Morgan fingerprint density at radius 3 is 2.78 bits per heavy atom. The summed E-state index contributed by atoms with van der Waals surface area (Å²) in [5.74, 6) is 0.218. The Balaban J connectivity index is 2.25. The van der Waals surface area contributed by atoms with Gasteiger partial charge in [-0.2, -0.15) is 0 Å². The van der Waals surface area contributed by atoms with Gasteiger partial charge >= 0.3 is 0 Å². The van der Waals surface area contributed by atoms with Crippen LogP contribution in [0.4, 0.5) is 4.79 Å². The number of benzene rings is 1. The molecule has 1 N–H and O–H groups in total. The molecule has 1 aromatic carbocycles. The molecule has 6 heteroatoms. The van der Waals surface area contributed by atoms with Gasteiger partial charge in [-0.1, -0.05) is 17.7 Å². The second-order valence-corrected chi connectivity index (χ2v) is 4.90. The summed E-state index contributed by atoms with van der Waals surface area (Å²) in [5.41, 5.74) is 0.746. The van der Waals surface area contributed by atoms with Gasteiger partial charge in [0.1, 0.15) is 5.75 Å². The summed E-state index contributed by atoms with van der Waals surface area (Å²) in [6, 6.07) is 5.20. The summed E-state index contributed by atoms with van der Waals surface area (Å²) in [7, 11) is 0. The molecule has 0 unspecified atom stereocenters. The fourth-order valence-electron chi connectivity index (χ4n) is 1.45. The van der Waals surface area contributed by atoms with E-state index in [-0.39, 0.29) is 11.1 Å². The minimum Gasteiger partial charge on any atom is -0.492 e. The number of nitrogens with one attached hydrogen (secondary N) is 1. The van der Waals surface area contributed by atoms with E-state index in [1.165, 1.54) is 0 Å². The molecule has 1 aliphatic heterocycles. The average Bonchev–Trinajstić information content (AvgIpc) is 2.61. The molecular weight excluding hydrogens is 274 g/mol. The number of rotatable bonds is 3. The molecule has 4 nitrogen and oxygen atoms in total. The van der Waals surface area contributed by atoms with Gasteiger partial charge in [0.2, 0.25) is 0 Å². The molecule has 0 aromatic heterocycles. The number of amides is 2. The third-order valence-corrected chi connectivity index (χ3v) is 3.30. The lowest BCUT2D eigenvalue weighted by Crippen LogP contribution is -2.17. The first kappa shape index (κ1) is 13.0. The molecule has 0 spiro atoms. The Bertz CT molecular complexity index is 542.